The van der Waals surface area contributed by atoms with Crippen LogP contribution in [-0.4, -0.2) is 0 Å². The van der Waals surface area contributed by atoms with E-state index in [0.29, 0.717) is 0 Å². The normalized spacial score (nSPS) is 14.6. The number of fused-ring (bicyclic) bond motifs is 18. The molecule has 0 N–H and O–H groups in total. The largest absolute Gasteiger partial charge is 0.456 e. The number of benzene rings is 10. The molecule has 0 saturated heterocycles. The Labute approximate surface area is 369 Å². The Morgan fingerprint density at radius 2 is 0.828 bits per heavy atom. The van der Waals surface area contributed by atoms with Crippen molar-refractivity contribution >= 4 is 60.9 Å². The maximum atomic E-state index is 6.76. The third-order valence-corrected chi connectivity index (χ3v) is 13.9. The molecule has 0 saturated carbocycles. The number of nitrogens with zero attached hydrogens (tertiary/aromatic N) is 1. The number of furan rings is 2. The van der Waals surface area contributed by atoms with Crippen molar-refractivity contribution in [3.8, 4) is 44.5 Å². The molecule has 0 aliphatic heterocycles. The fourth-order valence-electron chi connectivity index (χ4n) is 11.3. The van der Waals surface area contributed by atoms with Crippen molar-refractivity contribution in [3.05, 3.63) is 247 Å². The highest BCUT2D eigenvalue weighted by molar-refractivity contribution is 6.14. The zero-order chi connectivity index (χ0) is 41.9. The minimum absolute atomic E-state index is 0.723. The van der Waals surface area contributed by atoms with E-state index in [1.807, 2.05) is 6.07 Å². The average molecular weight is 816 g/mol. The van der Waals surface area contributed by atoms with Crippen molar-refractivity contribution in [1.29, 1.82) is 0 Å². The first-order chi connectivity index (χ1) is 31.8. The summed E-state index contributed by atoms with van der Waals surface area (Å²) in [5.74, 6) is 0. The lowest BCUT2D eigenvalue weighted by Gasteiger charge is -2.36. The van der Waals surface area contributed by atoms with Crippen LogP contribution >= 0.6 is 0 Å². The highest BCUT2D eigenvalue weighted by Gasteiger charge is 2.50. The molecule has 64 heavy (non-hydrogen) atoms. The molecule has 2 aliphatic rings. The molecule has 1 unspecified atom stereocenters. The quantitative estimate of drug-likeness (QED) is 0.177. The predicted octanol–water partition coefficient (Wildman–Crippen LogP) is 16.6. The Balaban J connectivity index is 1.14. The molecule has 2 aliphatic carbocycles. The van der Waals surface area contributed by atoms with Gasteiger partial charge in [-0.1, -0.05) is 170 Å². The molecule has 0 radical (unpaired) electrons. The number of hydrogen-bond acceptors (Lipinski definition) is 3. The Hall–Kier alpha value is -8.40. The summed E-state index contributed by atoms with van der Waals surface area (Å²) in [6.07, 6.45) is 0. The van der Waals surface area contributed by atoms with Crippen molar-refractivity contribution in [1.82, 2.24) is 0 Å². The van der Waals surface area contributed by atoms with E-state index in [0.717, 1.165) is 72.1 Å². The van der Waals surface area contributed by atoms with Crippen LogP contribution in [0.1, 0.15) is 22.3 Å². The van der Waals surface area contributed by atoms with Crippen LogP contribution in [-0.2, 0) is 5.41 Å². The Morgan fingerprint density at radius 3 is 1.59 bits per heavy atom. The molecule has 0 amide bonds. The van der Waals surface area contributed by atoms with Gasteiger partial charge in [-0.25, -0.2) is 0 Å². The number of hydrogen-bond donors (Lipinski definition) is 0. The molecular formula is C61H37NO2. The first kappa shape index (κ1) is 35.2. The zero-order valence-corrected chi connectivity index (χ0v) is 34.6. The maximum Gasteiger partial charge on any atom is 0.137 e. The minimum Gasteiger partial charge on any atom is -0.456 e. The Morgan fingerprint density at radius 1 is 0.297 bits per heavy atom. The standard InChI is InChI=1S/C61H37NO2/c1-2-17-38(18-3-1)40-19-8-13-28-54(40)62(55-29-16-32-58-60(55)47-25-10-15-31-57(47)63-58)39-33-34-45-42-21-5-4-20-41(42)43-22-6-11-26-50(43)61(52(45)35-39)51-27-12-7-23-44(51)48-36-49-46-24-9-14-30-56(46)64-59(49)37-53(48)61/h1-37H. The molecule has 298 valence electrons. The molecular weight excluding hydrogens is 779 g/mol. The summed E-state index contributed by atoms with van der Waals surface area (Å²) in [7, 11) is 0. The van der Waals surface area contributed by atoms with Crippen LogP contribution in [0.15, 0.2) is 233 Å². The summed E-state index contributed by atoms with van der Waals surface area (Å²) in [5, 5.41) is 4.41. The van der Waals surface area contributed by atoms with E-state index < -0.39 is 5.41 Å². The van der Waals surface area contributed by atoms with Crippen LogP contribution in [0.2, 0.25) is 0 Å². The molecule has 14 rings (SSSR count). The molecule has 2 heterocycles. The summed E-state index contributed by atoms with van der Waals surface area (Å²) in [6, 6.07) is 81.8. The summed E-state index contributed by atoms with van der Waals surface area (Å²) < 4.78 is 13.4. The molecule has 2 aromatic heterocycles. The van der Waals surface area contributed by atoms with Crippen molar-refractivity contribution in [3.63, 3.8) is 0 Å². The van der Waals surface area contributed by atoms with Crippen molar-refractivity contribution in [2.45, 2.75) is 5.41 Å². The van der Waals surface area contributed by atoms with Gasteiger partial charge in [-0.15, -0.1) is 0 Å². The second kappa shape index (κ2) is 13.3. The highest BCUT2D eigenvalue weighted by Crippen LogP contribution is 2.63. The van der Waals surface area contributed by atoms with Crippen LogP contribution in [0.3, 0.4) is 0 Å². The van der Waals surface area contributed by atoms with Gasteiger partial charge in [-0.2, -0.15) is 0 Å². The van der Waals surface area contributed by atoms with E-state index in [9.17, 15) is 0 Å². The van der Waals surface area contributed by atoms with Crippen LogP contribution in [0.25, 0.3) is 88.4 Å². The monoisotopic (exact) mass is 815 g/mol. The lowest BCUT2D eigenvalue weighted by Crippen LogP contribution is -2.29. The van der Waals surface area contributed by atoms with Gasteiger partial charge >= 0.3 is 0 Å². The highest BCUT2D eigenvalue weighted by atomic mass is 16.3. The topological polar surface area (TPSA) is 29.5 Å². The van der Waals surface area contributed by atoms with Crippen LogP contribution in [0.5, 0.6) is 0 Å². The van der Waals surface area contributed by atoms with Gasteiger partial charge in [-0.05, 0) is 116 Å². The van der Waals surface area contributed by atoms with E-state index in [1.165, 1.54) is 55.6 Å². The SMILES string of the molecule is c1ccc(-c2ccccc2N(c2ccc3c(c2)C2(c4ccccc4-c4ccccc4-3)c3ccccc3-c3cc4c(cc32)oc2ccccc24)c2cccc3oc4ccccc4c23)cc1. The third-order valence-electron chi connectivity index (χ3n) is 13.9. The molecule has 3 nitrogen and oxygen atoms in total. The van der Waals surface area contributed by atoms with E-state index >= 15 is 0 Å². The molecule has 3 heteroatoms. The third kappa shape index (κ3) is 4.76. The first-order valence-electron chi connectivity index (χ1n) is 22.0. The van der Waals surface area contributed by atoms with Crippen LogP contribution < -0.4 is 4.90 Å². The Kier molecular flexibility index (Phi) is 7.32. The molecule has 0 bridgehead atoms. The Bertz CT molecular complexity index is 3870. The summed E-state index contributed by atoms with van der Waals surface area (Å²) in [6.45, 7) is 0. The van der Waals surface area contributed by atoms with Crippen molar-refractivity contribution in [2.75, 3.05) is 4.90 Å². The predicted molar refractivity (Wildman–Crippen MR) is 263 cm³/mol. The molecule has 12 aromatic rings. The van der Waals surface area contributed by atoms with Gasteiger partial charge in [0.2, 0.25) is 0 Å². The first-order valence-corrected chi connectivity index (χ1v) is 22.0. The van der Waals surface area contributed by atoms with Gasteiger partial charge in [0.15, 0.2) is 0 Å². The summed E-state index contributed by atoms with van der Waals surface area (Å²) in [4.78, 5) is 2.47. The van der Waals surface area contributed by atoms with Gasteiger partial charge in [0.1, 0.15) is 22.3 Å². The average Bonchev–Trinajstić information content (AvgIpc) is 4.00. The zero-order valence-electron chi connectivity index (χ0n) is 34.6. The van der Waals surface area contributed by atoms with Gasteiger partial charge < -0.3 is 13.7 Å². The van der Waals surface area contributed by atoms with E-state index in [1.54, 1.807) is 0 Å². The van der Waals surface area contributed by atoms with Crippen LogP contribution in [0, 0.1) is 0 Å². The number of rotatable bonds is 4. The molecule has 0 fully saturated rings. The fourth-order valence-corrected chi connectivity index (χ4v) is 11.3. The van der Waals surface area contributed by atoms with Gasteiger partial charge in [0.05, 0.1) is 22.2 Å². The number of anilines is 3. The van der Waals surface area contributed by atoms with Gasteiger partial charge in [0, 0.05) is 27.4 Å². The minimum atomic E-state index is -0.723. The van der Waals surface area contributed by atoms with Gasteiger partial charge in [-0.3, -0.25) is 0 Å². The van der Waals surface area contributed by atoms with Crippen molar-refractivity contribution in [2.24, 2.45) is 0 Å². The van der Waals surface area contributed by atoms with E-state index in [4.69, 9.17) is 8.83 Å². The fraction of sp³-hybridized carbons (Fsp3) is 0.0164. The van der Waals surface area contributed by atoms with E-state index in [-0.39, 0.29) is 0 Å². The lowest BCUT2D eigenvalue weighted by atomic mass is 9.65. The smallest absolute Gasteiger partial charge is 0.137 e. The van der Waals surface area contributed by atoms with Gasteiger partial charge in [0.25, 0.3) is 0 Å². The maximum absolute atomic E-state index is 6.76. The second-order valence-electron chi connectivity index (χ2n) is 17.1. The molecule has 1 spiro atoms. The summed E-state index contributed by atoms with van der Waals surface area (Å²) in [5.41, 5.74) is 20.5. The molecule has 10 aromatic carbocycles. The van der Waals surface area contributed by atoms with Crippen LogP contribution in [0.4, 0.5) is 17.1 Å². The summed E-state index contributed by atoms with van der Waals surface area (Å²) >= 11 is 0. The second-order valence-corrected chi connectivity index (χ2v) is 17.1. The van der Waals surface area contributed by atoms with Crippen molar-refractivity contribution < 1.29 is 8.83 Å². The molecule has 1 atom stereocenters. The lowest BCUT2D eigenvalue weighted by molar-refractivity contribution is 0.666. The number of para-hydroxylation sites is 3. The van der Waals surface area contributed by atoms with E-state index in [2.05, 4.69) is 223 Å².